The van der Waals surface area contributed by atoms with E-state index >= 15 is 0 Å². The number of sulfonamides is 1. The SMILES string of the molecule is CCc1nnc(NS(=O)(=O)c2c(N)cc(Br)cc2Br)s1. The molecule has 0 aliphatic rings. The summed E-state index contributed by atoms with van der Waals surface area (Å²) in [6.45, 7) is 1.92. The first-order valence-electron chi connectivity index (χ1n) is 5.43. The van der Waals surface area contributed by atoms with Gasteiger partial charge in [-0.1, -0.05) is 34.2 Å². The average Bonchev–Trinajstić information content (AvgIpc) is 2.73. The summed E-state index contributed by atoms with van der Waals surface area (Å²) in [5.41, 5.74) is 5.92. The normalized spacial score (nSPS) is 11.6. The average molecular weight is 442 g/mol. The number of hydrogen-bond donors (Lipinski definition) is 2. The van der Waals surface area contributed by atoms with Crippen LogP contribution in [0, 0.1) is 0 Å². The summed E-state index contributed by atoms with van der Waals surface area (Å²) in [5, 5.41) is 8.62. The van der Waals surface area contributed by atoms with Gasteiger partial charge in [-0.15, -0.1) is 10.2 Å². The lowest BCUT2D eigenvalue weighted by atomic mass is 10.3. The molecule has 1 aromatic carbocycles. The fraction of sp³-hybridized carbons (Fsp3) is 0.200. The molecule has 0 unspecified atom stereocenters. The van der Waals surface area contributed by atoms with Crippen molar-refractivity contribution in [1.29, 1.82) is 0 Å². The van der Waals surface area contributed by atoms with Gasteiger partial charge < -0.3 is 5.73 Å². The number of benzene rings is 1. The van der Waals surface area contributed by atoms with Gasteiger partial charge in [0.1, 0.15) is 9.90 Å². The van der Waals surface area contributed by atoms with Crippen LogP contribution in [0.15, 0.2) is 26.0 Å². The van der Waals surface area contributed by atoms with Gasteiger partial charge >= 0.3 is 0 Å². The number of halogens is 2. The zero-order chi connectivity index (χ0) is 14.9. The highest BCUT2D eigenvalue weighted by Gasteiger charge is 2.23. The summed E-state index contributed by atoms with van der Waals surface area (Å²) >= 11 is 7.64. The van der Waals surface area contributed by atoms with Gasteiger partial charge in [0.25, 0.3) is 10.0 Å². The zero-order valence-electron chi connectivity index (χ0n) is 10.2. The van der Waals surface area contributed by atoms with Crippen LogP contribution in [0.2, 0.25) is 0 Å². The molecule has 1 aromatic heterocycles. The Bertz CT molecular complexity index is 722. The van der Waals surface area contributed by atoms with Crippen LogP contribution in [-0.2, 0) is 16.4 Å². The van der Waals surface area contributed by atoms with Crippen molar-refractivity contribution >= 4 is 64.0 Å². The van der Waals surface area contributed by atoms with E-state index in [0.29, 0.717) is 15.4 Å². The lowest BCUT2D eigenvalue weighted by Crippen LogP contribution is -2.15. The molecule has 0 spiro atoms. The molecule has 1 heterocycles. The van der Waals surface area contributed by atoms with Gasteiger partial charge in [-0.05, 0) is 34.5 Å². The van der Waals surface area contributed by atoms with Crippen LogP contribution >= 0.6 is 43.2 Å². The molecule has 0 atom stereocenters. The van der Waals surface area contributed by atoms with Gasteiger partial charge in [0.2, 0.25) is 5.13 Å². The largest absolute Gasteiger partial charge is 0.398 e. The van der Waals surface area contributed by atoms with Crippen molar-refractivity contribution in [1.82, 2.24) is 10.2 Å². The van der Waals surface area contributed by atoms with Crippen LogP contribution in [0.1, 0.15) is 11.9 Å². The number of nitrogens with two attached hydrogens (primary N) is 1. The maximum atomic E-state index is 12.4. The molecule has 108 valence electrons. The van der Waals surface area contributed by atoms with Crippen LogP contribution in [0.4, 0.5) is 10.8 Å². The van der Waals surface area contributed by atoms with Crippen molar-refractivity contribution in [2.45, 2.75) is 18.2 Å². The van der Waals surface area contributed by atoms with E-state index in [0.717, 1.165) is 5.01 Å². The van der Waals surface area contributed by atoms with E-state index in [2.05, 4.69) is 46.8 Å². The summed E-state index contributed by atoms with van der Waals surface area (Å²) in [4.78, 5) is -0.0195. The third kappa shape index (κ3) is 3.30. The topological polar surface area (TPSA) is 98.0 Å². The molecule has 6 nitrogen and oxygen atoms in total. The Labute approximate surface area is 137 Å². The van der Waals surface area contributed by atoms with Crippen LogP contribution in [0.25, 0.3) is 0 Å². The van der Waals surface area contributed by atoms with E-state index in [4.69, 9.17) is 5.73 Å². The fourth-order valence-electron chi connectivity index (χ4n) is 1.47. The molecule has 0 bridgehead atoms. The van der Waals surface area contributed by atoms with Crippen LogP contribution in [0.3, 0.4) is 0 Å². The van der Waals surface area contributed by atoms with E-state index in [1.54, 1.807) is 6.07 Å². The van der Waals surface area contributed by atoms with Crippen molar-refractivity contribution in [3.8, 4) is 0 Å². The van der Waals surface area contributed by atoms with Gasteiger partial charge in [-0.25, -0.2) is 8.42 Å². The smallest absolute Gasteiger partial charge is 0.266 e. The summed E-state index contributed by atoms with van der Waals surface area (Å²) in [7, 11) is -3.82. The monoisotopic (exact) mass is 440 g/mol. The van der Waals surface area contributed by atoms with Crippen LogP contribution in [0.5, 0.6) is 0 Å². The van der Waals surface area contributed by atoms with Crippen molar-refractivity contribution < 1.29 is 8.42 Å². The minimum atomic E-state index is -3.82. The van der Waals surface area contributed by atoms with Gasteiger partial charge in [-0.3, -0.25) is 4.72 Å². The summed E-state index contributed by atoms with van der Waals surface area (Å²) in [6, 6.07) is 3.14. The summed E-state index contributed by atoms with van der Waals surface area (Å²) in [5.74, 6) is 0. The highest BCUT2D eigenvalue weighted by Crippen LogP contribution is 2.33. The van der Waals surface area contributed by atoms with Gasteiger partial charge in [0.05, 0.1) is 5.69 Å². The fourth-order valence-corrected chi connectivity index (χ4v) is 5.45. The molecule has 0 aliphatic carbocycles. The summed E-state index contributed by atoms with van der Waals surface area (Å²) < 4.78 is 28.1. The van der Waals surface area contributed by atoms with E-state index in [1.807, 2.05) is 6.92 Å². The van der Waals surface area contributed by atoms with E-state index in [9.17, 15) is 8.42 Å². The van der Waals surface area contributed by atoms with Crippen molar-refractivity contribution in [3.63, 3.8) is 0 Å². The molecule has 20 heavy (non-hydrogen) atoms. The van der Waals surface area contributed by atoms with Crippen LogP contribution in [-0.4, -0.2) is 18.6 Å². The molecule has 0 saturated carbocycles. The molecular formula is C10H10Br2N4O2S2. The van der Waals surface area contributed by atoms with Gasteiger partial charge in [0, 0.05) is 8.95 Å². The van der Waals surface area contributed by atoms with Gasteiger partial charge in [0.15, 0.2) is 0 Å². The zero-order valence-corrected chi connectivity index (χ0v) is 15.0. The summed E-state index contributed by atoms with van der Waals surface area (Å²) in [6.07, 6.45) is 0.698. The standard InChI is InChI=1S/C10H10Br2N4O2S2/c1-2-8-14-15-10(19-8)16-20(17,18)9-6(12)3-5(11)4-7(9)13/h3-4H,2,13H2,1H3,(H,15,16). The van der Waals surface area contributed by atoms with Gasteiger partial charge in [-0.2, -0.15) is 0 Å². The Morgan fingerprint density at radius 2 is 2.05 bits per heavy atom. The third-order valence-electron chi connectivity index (χ3n) is 2.30. The highest BCUT2D eigenvalue weighted by atomic mass is 79.9. The van der Waals surface area contributed by atoms with Crippen molar-refractivity contribution in [2.24, 2.45) is 0 Å². The number of aryl methyl sites for hydroxylation is 1. The Hall–Kier alpha value is -0.710. The van der Waals surface area contributed by atoms with Crippen LogP contribution < -0.4 is 10.5 Å². The minimum Gasteiger partial charge on any atom is -0.398 e. The highest BCUT2D eigenvalue weighted by molar-refractivity contribution is 9.11. The molecule has 2 aromatic rings. The minimum absolute atomic E-state index is 0.0195. The Morgan fingerprint density at radius 1 is 1.35 bits per heavy atom. The third-order valence-corrected chi connectivity index (χ3v) is 6.21. The van der Waals surface area contributed by atoms with E-state index in [-0.39, 0.29) is 15.7 Å². The lowest BCUT2D eigenvalue weighted by Gasteiger charge is -2.10. The molecule has 0 fully saturated rings. The molecule has 2 rings (SSSR count). The number of hydrogen-bond acceptors (Lipinski definition) is 6. The second kappa shape index (κ2) is 5.96. The van der Waals surface area contributed by atoms with Crippen molar-refractivity contribution in [2.75, 3.05) is 10.5 Å². The van der Waals surface area contributed by atoms with Crippen molar-refractivity contribution in [3.05, 3.63) is 26.1 Å². The Balaban J connectivity index is 2.40. The van der Waals surface area contributed by atoms with E-state index in [1.165, 1.54) is 17.4 Å². The number of aromatic nitrogens is 2. The maximum absolute atomic E-state index is 12.4. The first kappa shape index (κ1) is 15.7. The first-order valence-corrected chi connectivity index (χ1v) is 9.31. The molecule has 0 radical (unpaired) electrons. The Morgan fingerprint density at radius 3 is 2.60 bits per heavy atom. The molecular weight excluding hydrogens is 432 g/mol. The Kier molecular flexibility index (Phi) is 4.67. The number of anilines is 2. The molecule has 0 amide bonds. The number of nitrogens with one attached hydrogen (secondary N) is 1. The van der Waals surface area contributed by atoms with E-state index < -0.39 is 10.0 Å². The molecule has 0 saturated heterocycles. The number of rotatable bonds is 4. The second-order valence-electron chi connectivity index (χ2n) is 3.77. The lowest BCUT2D eigenvalue weighted by molar-refractivity contribution is 0.601. The molecule has 3 N–H and O–H groups in total. The predicted octanol–water partition coefficient (Wildman–Crippen LogP) is 3.01. The number of nitrogen functional groups attached to an aromatic ring is 1. The molecule has 10 heteroatoms. The predicted molar refractivity (Wildman–Crippen MR) is 86.3 cm³/mol. The molecule has 0 aliphatic heterocycles. The maximum Gasteiger partial charge on any atom is 0.266 e. The number of nitrogens with zero attached hydrogens (tertiary/aromatic N) is 2. The second-order valence-corrected chi connectivity index (χ2v) is 8.22. The first-order chi connectivity index (χ1) is 9.33. The quantitative estimate of drug-likeness (QED) is 0.710.